The third-order valence-corrected chi connectivity index (χ3v) is 4.18. The molecule has 2 aromatic carbocycles. The SMILES string of the molecule is CCOC(=O)[C@@H]1[C@@H](c2ccccc2)OC(=O)N1NC(=O)c1ccc(C)cc1. The van der Waals surface area contributed by atoms with E-state index in [4.69, 9.17) is 9.47 Å². The summed E-state index contributed by atoms with van der Waals surface area (Å²) in [6, 6.07) is 14.6. The Kier molecular flexibility index (Phi) is 5.40. The standard InChI is InChI=1S/C20H20N2O5/c1-3-26-19(24)16-17(14-7-5-4-6-8-14)27-20(25)22(16)21-18(23)15-11-9-13(2)10-12-15/h4-12,16-17H,3H2,1-2H3,(H,21,23)/t16-,17+/m0/s1. The highest BCUT2D eigenvalue weighted by molar-refractivity contribution is 5.96. The van der Waals surface area contributed by atoms with E-state index in [1.165, 1.54) is 0 Å². The van der Waals surface area contributed by atoms with E-state index in [2.05, 4.69) is 5.43 Å². The molecule has 2 amide bonds. The average Bonchev–Trinajstić information content (AvgIpc) is 2.99. The molecule has 1 aliphatic heterocycles. The summed E-state index contributed by atoms with van der Waals surface area (Å²) in [5.74, 6) is -1.17. The molecule has 1 saturated heterocycles. The first-order valence-corrected chi connectivity index (χ1v) is 8.60. The van der Waals surface area contributed by atoms with E-state index in [9.17, 15) is 14.4 Å². The molecule has 0 unspecified atom stereocenters. The Morgan fingerprint density at radius 2 is 1.78 bits per heavy atom. The highest BCUT2D eigenvalue weighted by Crippen LogP contribution is 2.32. The molecule has 0 aliphatic carbocycles. The van der Waals surface area contributed by atoms with E-state index in [-0.39, 0.29) is 6.61 Å². The van der Waals surface area contributed by atoms with Crippen LogP contribution in [-0.2, 0) is 14.3 Å². The van der Waals surface area contributed by atoms with E-state index in [1.807, 2.05) is 13.0 Å². The molecule has 1 fully saturated rings. The van der Waals surface area contributed by atoms with E-state index >= 15 is 0 Å². The number of nitrogens with zero attached hydrogens (tertiary/aromatic N) is 1. The molecule has 3 rings (SSSR count). The molecule has 27 heavy (non-hydrogen) atoms. The lowest BCUT2D eigenvalue weighted by molar-refractivity contribution is -0.149. The Bertz CT molecular complexity index is 835. The van der Waals surface area contributed by atoms with Gasteiger partial charge < -0.3 is 9.47 Å². The van der Waals surface area contributed by atoms with Crippen LogP contribution in [0.1, 0.15) is 34.5 Å². The molecule has 0 spiro atoms. The van der Waals surface area contributed by atoms with Crippen LogP contribution in [0.2, 0.25) is 0 Å². The highest BCUT2D eigenvalue weighted by Gasteiger charge is 2.49. The smallest absolute Gasteiger partial charge is 0.430 e. The maximum atomic E-state index is 12.5. The number of carbonyl (C=O) groups is 3. The third kappa shape index (κ3) is 3.92. The van der Waals surface area contributed by atoms with Gasteiger partial charge in [-0.3, -0.25) is 10.2 Å². The largest absolute Gasteiger partial charge is 0.464 e. The summed E-state index contributed by atoms with van der Waals surface area (Å²) in [7, 11) is 0. The zero-order chi connectivity index (χ0) is 19.4. The van der Waals surface area contributed by atoms with E-state index in [1.54, 1.807) is 55.5 Å². The van der Waals surface area contributed by atoms with Gasteiger partial charge in [-0.05, 0) is 31.5 Å². The minimum atomic E-state index is -1.12. The van der Waals surface area contributed by atoms with Crippen molar-refractivity contribution < 1.29 is 23.9 Å². The molecular weight excluding hydrogens is 348 g/mol. The monoisotopic (exact) mass is 368 g/mol. The first kappa shape index (κ1) is 18.4. The van der Waals surface area contributed by atoms with Crippen LogP contribution in [0.25, 0.3) is 0 Å². The first-order chi connectivity index (χ1) is 13.0. The lowest BCUT2D eigenvalue weighted by Gasteiger charge is -2.23. The van der Waals surface area contributed by atoms with Crippen LogP contribution in [0.5, 0.6) is 0 Å². The number of hydrogen-bond acceptors (Lipinski definition) is 5. The lowest BCUT2D eigenvalue weighted by Crippen LogP contribution is -2.51. The summed E-state index contributed by atoms with van der Waals surface area (Å²) in [6.45, 7) is 3.72. The fraction of sp³-hybridized carbons (Fsp3) is 0.250. The van der Waals surface area contributed by atoms with Crippen LogP contribution in [0.3, 0.4) is 0 Å². The number of cyclic esters (lactones) is 1. The van der Waals surface area contributed by atoms with Crippen molar-refractivity contribution in [2.24, 2.45) is 0 Å². The van der Waals surface area contributed by atoms with Crippen molar-refractivity contribution in [2.75, 3.05) is 6.61 Å². The number of hydrazine groups is 1. The normalized spacial score (nSPS) is 18.7. The minimum Gasteiger partial charge on any atom is -0.464 e. The van der Waals surface area contributed by atoms with Crippen LogP contribution in [0.15, 0.2) is 54.6 Å². The van der Waals surface area contributed by atoms with Crippen LogP contribution in [0, 0.1) is 6.92 Å². The van der Waals surface area contributed by atoms with Gasteiger partial charge in [0.2, 0.25) is 0 Å². The topological polar surface area (TPSA) is 84.9 Å². The third-order valence-electron chi connectivity index (χ3n) is 4.18. The number of carbonyl (C=O) groups excluding carboxylic acids is 3. The van der Waals surface area contributed by atoms with Gasteiger partial charge in [0.1, 0.15) is 0 Å². The predicted octanol–water partition coefficient (Wildman–Crippen LogP) is 2.77. The van der Waals surface area contributed by atoms with Gasteiger partial charge in [0.25, 0.3) is 5.91 Å². The van der Waals surface area contributed by atoms with Gasteiger partial charge in [-0.15, -0.1) is 0 Å². The van der Waals surface area contributed by atoms with Crippen molar-refractivity contribution in [3.05, 3.63) is 71.3 Å². The van der Waals surface area contributed by atoms with Crippen LogP contribution >= 0.6 is 0 Å². The van der Waals surface area contributed by atoms with Gasteiger partial charge >= 0.3 is 12.1 Å². The Labute approximate surface area is 156 Å². The molecule has 2 atom stereocenters. The summed E-state index contributed by atoms with van der Waals surface area (Å²) in [5.41, 5.74) is 4.47. The second-order valence-electron chi connectivity index (χ2n) is 6.09. The Hall–Kier alpha value is -3.35. The summed E-state index contributed by atoms with van der Waals surface area (Å²) in [5, 5.41) is 0.901. The number of rotatable bonds is 5. The molecule has 1 N–H and O–H groups in total. The maximum Gasteiger partial charge on any atom is 0.430 e. The number of hydrogen-bond donors (Lipinski definition) is 1. The van der Waals surface area contributed by atoms with Crippen molar-refractivity contribution in [1.29, 1.82) is 0 Å². The fourth-order valence-corrected chi connectivity index (χ4v) is 2.82. The molecule has 2 aromatic rings. The fourth-order valence-electron chi connectivity index (χ4n) is 2.82. The van der Waals surface area contributed by atoms with Gasteiger partial charge in [0, 0.05) is 5.56 Å². The number of esters is 1. The van der Waals surface area contributed by atoms with Crippen LogP contribution in [0.4, 0.5) is 4.79 Å². The van der Waals surface area contributed by atoms with Crippen molar-refractivity contribution in [2.45, 2.75) is 26.0 Å². The zero-order valence-corrected chi connectivity index (χ0v) is 15.0. The average molecular weight is 368 g/mol. The van der Waals surface area contributed by atoms with Gasteiger partial charge in [-0.1, -0.05) is 48.0 Å². The van der Waals surface area contributed by atoms with Crippen molar-refractivity contribution in [3.63, 3.8) is 0 Å². The molecule has 7 nitrogen and oxygen atoms in total. The highest BCUT2D eigenvalue weighted by atomic mass is 16.6. The van der Waals surface area contributed by atoms with Gasteiger partial charge in [-0.25, -0.2) is 9.59 Å². The number of ether oxygens (including phenoxy) is 2. The number of benzene rings is 2. The number of aryl methyl sites for hydroxylation is 1. The molecule has 1 aliphatic rings. The second-order valence-corrected chi connectivity index (χ2v) is 6.09. The summed E-state index contributed by atoms with van der Waals surface area (Å²) >= 11 is 0. The summed E-state index contributed by atoms with van der Waals surface area (Å²) in [4.78, 5) is 37.4. The quantitative estimate of drug-likeness (QED) is 0.821. The number of nitrogens with one attached hydrogen (secondary N) is 1. The summed E-state index contributed by atoms with van der Waals surface area (Å²) < 4.78 is 10.5. The van der Waals surface area contributed by atoms with Gasteiger partial charge in [-0.2, -0.15) is 5.01 Å². The first-order valence-electron chi connectivity index (χ1n) is 8.60. The van der Waals surface area contributed by atoms with Gasteiger partial charge in [0.15, 0.2) is 12.1 Å². The van der Waals surface area contributed by atoms with E-state index in [0.717, 1.165) is 10.6 Å². The lowest BCUT2D eigenvalue weighted by atomic mass is 10.0. The maximum absolute atomic E-state index is 12.5. The van der Waals surface area contributed by atoms with E-state index < -0.39 is 30.1 Å². The van der Waals surface area contributed by atoms with Crippen LogP contribution < -0.4 is 5.43 Å². The Balaban J connectivity index is 1.87. The van der Waals surface area contributed by atoms with Crippen LogP contribution in [-0.4, -0.2) is 35.6 Å². The molecule has 0 bridgehead atoms. The molecule has 140 valence electrons. The van der Waals surface area contributed by atoms with Crippen molar-refractivity contribution in [1.82, 2.24) is 10.4 Å². The van der Waals surface area contributed by atoms with E-state index in [0.29, 0.717) is 11.1 Å². The zero-order valence-electron chi connectivity index (χ0n) is 15.0. The molecule has 0 radical (unpaired) electrons. The van der Waals surface area contributed by atoms with Crippen molar-refractivity contribution >= 4 is 18.0 Å². The molecular formula is C20H20N2O5. The Morgan fingerprint density at radius 3 is 2.41 bits per heavy atom. The number of amides is 2. The Morgan fingerprint density at radius 1 is 1.11 bits per heavy atom. The summed E-state index contributed by atoms with van der Waals surface area (Å²) in [6.07, 6.45) is -1.70. The van der Waals surface area contributed by atoms with Gasteiger partial charge in [0.05, 0.1) is 6.61 Å². The molecule has 1 heterocycles. The predicted molar refractivity (Wildman–Crippen MR) is 96.6 cm³/mol. The molecule has 0 saturated carbocycles. The van der Waals surface area contributed by atoms with Crippen molar-refractivity contribution in [3.8, 4) is 0 Å². The minimum absolute atomic E-state index is 0.144. The molecule has 0 aromatic heterocycles. The second kappa shape index (κ2) is 7.90. The molecule has 7 heteroatoms.